The number of esters is 1. The van der Waals surface area contributed by atoms with E-state index >= 15 is 0 Å². The van der Waals surface area contributed by atoms with E-state index in [9.17, 15) is 67.7 Å². The second kappa shape index (κ2) is 27.8. The molecular formula is C55H65FN8O18. The van der Waals surface area contributed by atoms with Crippen LogP contribution in [0.1, 0.15) is 98.4 Å². The summed E-state index contributed by atoms with van der Waals surface area (Å²) in [6.45, 7) is 9.05. The zero-order valence-electron chi connectivity index (χ0n) is 45.5. The smallest absolute Gasteiger partial charge is 0.404 e. The van der Waals surface area contributed by atoms with Crippen molar-refractivity contribution >= 4 is 70.1 Å². The molecule has 0 spiro atoms. The number of halogens is 1. The molecular weight excluding hydrogens is 1080 g/mol. The number of imide groups is 1. The molecule has 2 aromatic heterocycles. The Hall–Kier alpha value is -8.50. The highest BCUT2D eigenvalue weighted by Crippen LogP contribution is 2.42. The average Bonchev–Trinajstić information content (AvgIpc) is 3.48. The van der Waals surface area contributed by atoms with Gasteiger partial charge in [0.1, 0.15) is 37.7 Å². The van der Waals surface area contributed by atoms with Crippen molar-refractivity contribution in [3.63, 3.8) is 0 Å². The van der Waals surface area contributed by atoms with Crippen LogP contribution in [-0.4, -0.2) is 139 Å². The van der Waals surface area contributed by atoms with Gasteiger partial charge in [0.2, 0.25) is 23.6 Å². The van der Waals surface area contributed by atoms with Gasteiger partial charge in [-0.05, 0) is 72.6 Å². The Balaban J connectivity index is 0.000000196. The maximum absolute atomic E-state index is 14.5. The van der Waals surface area contributed by atoms with Crippen molar-refractivity contribution in [2.24, 2.45) is 17.4 Å². The highest BCUT2D eigenvalue weighted by molar-refractivity contribution is 6.14. The fourth-order valence-corrected chi connectivity index (χ4v) is 9.49. The molecule has 7 amide bonds. The first-order valence-corrected chi connectivity index (χ1v) is 26.2. The summed E-state index contributed by atoms with van der Waals surface area (Å²) in [7, 11) is 0. The summed E-state index contributed by atoms with van der Waals surface area (Å²) in [6, 6.07) is 8.89. The topological polar surface area (TPSA) is 398 Å². The molecule has 6 heterocycles. The van der Waals surface area contributed by atoms with Gasteiger partial charge >= 0.3 is 18.0 Å². The number of benzene rings is 2. The lowest BCUT2D eigenvalue weighted by molar-refractivity contribution is -0.264. The van der Waals surface area contributed by atoms with Gasteiger partial charge in [-0.3, -0.25) is 38.5 Å². The number of carbonyl (C=O) groups is 9. The first kappa shape index (κ1) is 62.7. The standard InChI is InChI=1S/C22H17FN2O4.C17H22N2O9.C14H20N4O5.C2H6/c1-9-10-3-2-4-11-13-7-25-17(19(13)24-16(18(10)11)6-15(9)23)5-12-14(21(25)27)8-29-22(28)20(12)26;18-17(25)27-8-9-1-3-10(4-2-9)19-13(22)5-6-26-16-12(21)7-11(20)14(28-16)15(23)24;1-8(2)13(14(15)23)17-9(19)5-6-16-10(20)7-18-11(21)3-4-12(18)22;1-2/h5-6,20,26H,2-4,7-8H2,1H3;1-4,11-12,14,16,20-21H,5-8H2,(H2,18,25)(H,19,22)(H,23,24);3-4,8,13H,5-7H2,1-2H3,(H2,15,23)(H,16,20)(H,17,19);1-2H3/t;11?,12?,14-,16?;;/m.0../s1. The van der Waals surface area contributed by atoms with Gasteiger partial charge in [0.05, 0.1) is 48.1 Å². The zero-order valence-corrected chi connectivity index (χ0v) is 45.5. The van der Waals surface area contributed by atoms with Crippen molar-refractivity contribution in [3.05, 3.63) is 104 Å². The number of aliphatic carboxylic acids is 1. The second-order valence-electron chi connectivity index (χ2n) is 19.5. The molecule has 26 nitrogen and oxygen atoms in total. The number of anilines is 1. The normalized spacial score (nSPS) is 19.3. The number of ether oxygens (including phenoxy) is 4. The predicted molar refractivity (Wildman–Crippen MR) is 286 cm³/mol. The maximum Gasteiger partial charge on any atom is 0.404 e. The first-order chi connectivity index (χ1) is 38.9. The molecule has 27 heteroatoms. The Morgan fingerprint density at radius 1 is 0.878 bits per heavy atom. The molecule has 440 valence electrons. The number of pyridine rings is 2. The van der Waals surface area contributed by atoms with Crippen LogP contribution in [0.5, 0.6) is 0 Å². The molecule has 82 heavy (non-hydrogen) atoms. The predicted octanol–water partition coefficient (Wildman–Crippen LogP) is 1.07. The Morgan fingerprint density at radius 3 is 2.18 bits per heavy atom. The number of nitrogens with zero attached hydrogens (tertiary/aromatic N) is 3. The summed E-state index contributed by atoms with van der Waals surface area (Å²) < 4.78 is 36.0. The molecule has 2 aromatic carbocycles. The van der Waals surface area contributed by atoms with Gasteiger partial charge in [-0.25, -0.2) is 23.8 Å². The lowest BCUT2D eigenvalue weighted by Crippen LogP contribution is -2.51. The Bertz CT molecular complexity index is 3220. The molecule has 1 fully saturated rings. The molecule has 0 bridgehead atoms. The van der Waals surface area contributed by atoms with E-state index in [1.807, 2.05) is 13.8 Å². The van der Waals surface area contributed by atoms with E-state index in [0.29, 0.717) is 45.8 Å². The number of fused-ring (bicyclic) bond motifs is 5. The number of carbonyl (C=O) groups excluding carboxylic acids is 8. The summed E-state index contributed by atoms with van der Waals surface area (Å²) in [4.78, 5) is 121. The molecule has 4 aromatic rings. The van der Waals surface area contributed by atoms with Crippen LogP contribution in [0.15, 0.2) is 53.3 Å². The lowest BCUT2D eigenvalue weighted by Gasteiger charge is -2.34. The van der Waals surface area contributed by atoms with E-state index in [4.69, 9.17) is 35.8 Å². The van der Waals surface area contributed by atoms with E-state index in [0.717, 1.165) is 58.4 Å². The highest BCUT2D eigenvalue weighted by atomic mass is 19.1. The Kier molecular flexibility index (Phi) is 21.2. The number of aryl methyl sites for hydroxylation is 2. The van der Waals surface area contributed by atoms with Gasteiger partial charge in [-0.2, -0.15) is 0 Å². The van der Waals surface area contributed by atoms with E-state index < -0.39 is 90.9 Å². The highest BCUT2D eigenvalue weighted by Gasteiger charge is 2.41. The van der Waals surface area contributed by atoms with Crippen molar-refractivity contribution in [2.75, 3.05) is 25.0 Å². The summed E-state index contributed by atoms with van der Waals surface area (Å²) in [5, 5.41) is 47.1. The lowest BCUT2D eigenvalue weighted by atomic mass is 9.85. The van der Waals surface area contributed by atoms with Gasteiger partial charge in [0.25, 0.3) is 17.4 Å². The summed E-state index contributed by atoms with van der Waals surface area (Å²) in [5.41, 5.74) is 17.1. The van der Waals surface area contributed by atoms with Crippen molar-refractivity contribution in [1.29, 1.82) is 0 Å². The fraction of sp³-hybridized carbons (Fsp3) is 0.436. The van der Waals surface area contributed by atoms with Crippen LogP contribution in [-0.2, 0) is 89.9 Å². The number of rotatable bonds is 16. The summed E-state index contributed by atoms with van der Waals surface area (Å²) in [5.74, 6) is -5.64. The molecule has 1 saturated heterocycles. The first-order valence-electron chi connectivity index (χ1n) is 26.2. The minimum atomic E-state index is -1.50. The van der Waals surface area contributed by atoms with Gasteiger partial charge in [0, 0.05) is 59.8 Å². The summed E-state index contributed by atoms with van der Waals surface area (Å²) >= 11 is 0. The number of carboxylic acid groups (broad SMARTS) is 1. The molecule has 6 atom stereocenters. The van der Waals surface area contributed by atoms with E-state index in [1.165, 1.54) is 6.07 Å². The van der Waals surface area contributed by atoms with E-state index in [2.05, 4.69) is 20.7 Å². The molecule has 4 aliphatic heterocycles. The van der Waals surface area contributed by atoms with Crippen molar-refractivity contribution in [3.8, 4) is 11.4 Å². The van der Waals surface area contributed by atoms with Crippen LogP contribution in [0.25, 0.3) is 22.3 Å². The van der Waals surface area contributed by atoms with Crippen LogP contribution in [0.3, 0.4) is 0 Å². The zero-order chi connectivity index (χ0) is 60.3. The number of aliphatic hydroxyl groups is 3. The number of cyclic esters (lactones) is 1. The largest absolute Gasteiger partial charge is 0.479 e. The van der Waals surface area contributed by atoms with Gasteiger partial charge in [0.15, 0.2) is 18.5 Å². The minimum absolute atomic E-state index is 0.0118. The number of amides is 7. The molecule has 11 N–H and O–H groups in total. The van der Waals surface area contributed by atoms with Crippen molar-refractivity contribution in [1.82, 2.24) is 25.1 Å². The third-order valence-corrected chi connectivity index (χ3v) is 13.6. The van der Waals surface area contributed by atoms with Crippen molar-refractivity contribution < 1.29 is 86.9 Å². The Labute approximate surface area is 467 Å². The monoisotopic (exact) mass is 1140 g/mol. The SMILES string of the molecule is CC.CC(C)C(NC(=O)CCNC(=O)CN1C(=O)C=CC1=O)C(N)=O.Cc1c(F)cc2nc3c(c4c2c1CCC4)Cn1c-3cc2c(c1=O)COC(=O)C2O.NC(=O)OCc1ccc(NC(=O)CCOC2O[C@H](C(=O)O)C(O)CC2O)cc1. The molecule has 9 rings (SSSR count). The molecule has 5 unspecified atom stereocenters. The minimum Gasteiger partial charge on any atom is -0.479 e. The van der Waals surface area contributed by atoms with E-state index in [1.54, 1.807) is 55.7 Å². The summed E-state index contributed by atoms with van der Waals surface area (Å²) in [6.07, 6.45) is -3.23. The van der Waals surface area contributed by atoms with Gasteiger partial charge in [-0.15, -0.1) is 0 Å². The van der Waals surface area contributed by atoms with Crippen LogP contribution >= 0.6 is 0 Å². The van der Waals surface area contributed by atoms with Crippen LogP contribution in [0.2, 0.25) is 0 Å². The number of aromatic nitrogens is 2. The Morgan fingerprint density at radius 2 is 1.55 bits per heavy atom. The molecule has 0 saturated carbocycles. The average molecular weight is 1150 g/mol. The third-order valence-electron chi connectivity index (χ3n) is 13.6. The maximum atomic E-state index is 14.5. The molecule has 0 radical (unpaired) electrons. The number of primary amides is 2. The van der Waals surface area contributed by atoms with Crippen LogP contribution < -0.4 is 33.0 Å². The molecule has 5 aliphatic rings. The fourth-order valence-electron chi connectivity index (χ4n) is 9.49. The third kappa shape index (κ3) is 14.9. The van der Waals surface area contributed by atoms with Gasteiger partial charge in [-0.1, -0.05) is 39.8 Å². The number of hydrogen-bond acceptors (Lipinski definition) is 18. The van der Waals surface area contributed by atoms with Crippen molar-refractivity contribution in [2.45, 2.75) is 130 Å². The van der Waals surface area contributed by atoms with Gasteiger partial charge < -0.3 is 71.4 Å². The van der Waals surface area contributed by atoms with Crippen LogP contribution in [0, 0.1) is 18.7 Å². The quantitative estimate of drug-likeness (QED) is 0.0493. The van der Waals surface area contributed by atoms with E-state index in [-0.39, 0.29) is 74.4 Å². The second-order valence-corrected chi connectivity index (χ2v) is 19.5. The number of aliphatic hydroxyl groups excluding tert-OH is 3. The number of hydrogen-bond donors (Lipinski definition) is 9. The number of carboxylic acids is 1. The van der Waals surface area contributed by atoms with Crippen LogP contribution in [0.4, 0.5) is 14.9 Å². The number of nitrogens with two attached hydrogens (primary N) is 2. The molecule has 1 aliphatic carbocycles. The number of nitrogens with one attached hydrogen (secondary N) is 3.